The molecule has 0 saturated heterocycles. The molecule has 0 bridgehead atoms. The van der Waals surface area contributed by atoms with Crippen LogP contribution in [0.25, 0.3) is 0 Å². The number of halogens is 1. The molecule has 12 heavy (non-hydrogen) atoms. The zero-order valence-electron chi connectivity index (χ0n) is 8.73. The number of hydrogen-bond acceptors (Lipinski definition) is 1. The Morgan fingerprint density at radius 2 is 1.83 bits per heavy atom. The van der Waals surface area contributed by atoms with Crippen LogP contribution in [0.15, 0.2) is 0 Å². The van der Waals surface area contributed by atoms with Crippen molar-refractivity contribution in [2.24, 2.45) is 11.8 Å². The average Bonchev–Trinajstić information content (AvgIpc) is 2.04. The van der Waals surface area contributed by atoms with Gasteiger partial charge in [-0.25, -0.2) is 0 Å². The molecule has 0 aliphatic carbocycles. The van der Waals surface area contributed by atoms with Gasteiger partial charge >= 0.3 is 0 Å². The second kappa shape index (κ2) is 6.73. The molecule has 0 aliphatic heterocycles. The first-order valence-corrected chi connectivity index (χ1v) is 5.44. The second-order valence-electron chi connectivity index (χ2n) is 3.93. The van der Waals surface area contributed by atoms with Crippen LogP contribution in [0, 0.1) is 11.8 Å². The molecule has 0 spiro atoms. The van der Waals surface area contributed by atoms with Gasteiger partial charge in [-0.2, -0.15) is 0 Å². The summed E-state index contributed by atoms with van der Waals surface area (Å²) in [7, 11) is 0. The molecular weight excluding hydrogens is 170 g/mol. The van der Waals surface area contributed by atoms with E-state index in [0.29, 0.717) is 17.8 Å². The van der Waals surface area contributed by atoms with Crippen LogP contribution in [0.3, 0.4) is 0 Å². The van der Waals surface area contributed by atoms with E-state index < -0.39 is 0 Å². The van der Waals surface area contributed by atoms with Gasteiger partial charge in [0.15, 0.2) is 0 Å². The third kappa shape index (κ3) is 5.00. The van der Waals surface area contributed by atoms with Gasteiger partial charge < -0.3 is 5.32 Å². The van der Waals surface area contributed by atoms with E-state index in [2.05, 4.69) is 33.0 Å². The summed E-state index contributed by atoms with van der Waals surface area (Å²) in [5.74, 6) is 2.11. The first kappa shape index (κ1) is 12.2. The van der Waals surface area contributed by atoms with E-state index in [4.69, 9.17) is 11.6 Å². The Kier molecular flexibility index (Phi) is 6.87. The fourth-order valence-electron chi connectivity index (χ4n) is 0.965. The van der Waals surface area contributed by atoms with Crippen molar-refractivity contribution in [2.75, 3.05) is 12.4 Å². The Hall–Kier alpha value is 0.250. The molecule has 0 aromatic rings. The third-order valence-electron chi connectivity index (χ3n) is 2.40. The third-order valence-corrected chi connectivity index (χ3v) is 2.73. The van der Waals surface area contributed by atoms with Gasteiger partial charge in [0, 0.05) is 11.9 Å². The minimum Gasteiger partial charge on any atom is -0.312 e. The van der Waals surface area contributed by atoms with E-state index in [9.17, 15) is 0 Å². The molecule has 74 valence electrons. The highest BCUT2D eigenvalue weighted by molar-refractivity contribution is 6.18. The summed E-state index contributed by atoms with van der Waals surface area (Å²) in [5.41, 5.74) is 0. The van der Waals surface area contributed by atoms with E-state index in [1.165, 1.54) is 6.42 Å². The van der Waals surface area contributed by atoms with Crippen LogP contribution >= 0.6 is 11.6 Å². The maximum absolute atomic E-state index is 5.83. The highest BCUT2D eigenvalue weighted by atomic mass is 35.5. The summed E-state index contributed by atoms with van der Waals surface area (Å²) in [6.45, 7) is 9.98. The van der Waals surface area contributed by atoms with Crippen molar-refractivity contribution in [3.05, 3.63) is 0 Å². The first-order chi connectivity index (χ1) is 5.61. The van der Waals surface area contributed by atoms with Crippen molar-refractivity contribution in [3.8, 4) is 0 Å². The van der Waals surface area contributed by atoms with Crippen LogP contribution in [0.1, 0.15) is 34.1 Å². The van der Waals surface area contributed by atoms with Crippen LogP contribution in [0.2, 0.25) is 0 Å². The molecule has 2 unspecified atom stereocenters. The minimum atomic E-state index is 0.473. The highest BCUT2D eigenvalue weighted by Gasteiger charge is 2.11. The summed E-state index contributed by atoms with van der Waals surface area (Å²) < 4.78 is 0. The van der Waals surface area contributed by atoms with Crippen molar-refractivity contribution in [3.63, 3.8) is 0 Å². The van der Waals surface area contributed by atoms with Gasteiger partial charge in [-0.15, -0.1) is 11.6 Å². The predicted octanol–water partition coefficient (Wildman–Crippen LogP) is 2.89. The number of alkyl halides is 1. The molecule has 0 radical (unpaired) electrons. The molecule has 0 aromatic carbocycles. The van der Waals surface area contributed by atoms with Crippen molar-refractivity contribution >= 4 is 11.6 Å². The Morgan fingerprint density at radius 1 is 1.25 bits per heavy atom. The summed E-state index contributed by atoms with van der Waals surface area (Å²) in [5, 5.41) is 3.49. The zero-order valence-corrected chi connectivity index (χ0v) is 9.49. The summed E-state index contributed by atoms with van der Waals surface area (Å²) in [6, 6.07) is 0.473. The van der Waals surface area contributed by atoms with Crippen LogP contribution in [0.5, 0.6) is 0 Å². The Labute approximate surface area is 81.9 Å². The Morgan fingerprint density at radius 3 is 2.17 bits per heavy atom. The van der Waals surface area contributed by atoms with Gasteiger partial charge in [0.1, 0.15) is 0 Å². The normalized spacial score (nSPS) is 16.5. The van der Waals surface area contributed by atoms with E-state index in [1.54, 1.807) is 0 Å². The standard InChI is InChI=1S/C10H22ClN/c1-5-9(4)7-12-10(6-11)8(2)3/h8-10,12H,5-7H2,1-4H3. The van der Waals surface area contributed by atoms with Crippen molar-refractivity contribution in [1.82, 2.24) is 5.32 Å². The number of rotatable bonds is 6. The maximum atomic E-state index is 5.83. The molecule has 0 amide bonds. The Balaban J connectivity index is 3.58. The lowest BCUT2D eigenvalue weighted by atomic mass is 10.0. The quantitative estimate of drug-likeness (QED) is 0.637. The fraction of sp³-hybridized carbons (Fsp3) is 1.00. The SMILES string of the molecule is CCC(C)CNC(CCl)C(C)C. The highest BCUT2D eigenvalue weighted by Crippen LogP contribution is 2.05. The topological polar surface area (TPSA) is 12.0 Å². The number of hydrogen-bond donors (Lipinski definition) is 1. The summed E-state index contributed by atoms with van der Waals surface area (Å²) in [6.07, 6.45) is 1.24. The van der Waals surface area contributed by atoms with Crippen LogP contribution < -0.4 is 5.32 Å². The molecular formula is C10H22ClN. The Bertz CT molecular complexity index is 104. The molecule has 0 aromatic heterocycles. The smallest absolute Gasteiger partial charge is 0.0379 e. The van der Waals surface area contributed by atoms with E-state index in [-0.39, 0.29) is 0 Å². The van der Waals surface area contributed by atoms with Crippen LogP contribution in [-0.2, 0) is 0 Å². The fourth-order valence-corrected chi connectivity index (χ4v) is 1.43. The van der Waals surface area contributed by atoms with Gasteiger partial charge in [0.2, 0.25) is 0 Å². The monoisotopic (exact) mass is 191 g/mol. The predicted molar refractivity (Wildman–Crippen MR) is 56.8 cm³/mol. The minimum absolute atomic E-state index is 0.473. The van der Waals surface area contributed by atoms with Crippen LogP contribution in [-0.4, -0.2) is 18.5 Å². The molecule has 0 fully saturated rings. The number of nitrogens with one attached hydrogen (secondary N) is 1. The van der Waals surface area contributed by atoms with Crippen molar-refractivity contribution < 1.29 is 0 Å². The molecule has 1 N–H and O–H groups in total. The lowest BCUT2D eigenvalue weighted by Gasteiger charge is -2.21. The maximum Gasteiger partial charge on any atom is 0.0379 e. The van der Waals surface area contributed by atoms with Gasteiger partial charge in [-0.3, -0.25) is 0 Å². The summed E-state index contributed by atoms with van der Waals surface area (Å²) >= 11 is 5.83. The molecule has 1 nitrogen and oxygen atoms in total. The van der Waals surface area contributed by atoms with Gasteiger partial charge in [-0.1, -0.05) is 34.1 Å². The molecule has 0 saturated carbocycles. The van der Waals surface area contributed by atoms with Crippen LogP contribution in [0.4, 0.5) is 0 Å². The van der Waals surface area contributed by atoms with Crippen molar-refractivity contribution in [2.45, 2.75) is 40.2 Å². The second-order valence-corrected chi connectivity index (χ2v) is 4.24. The first-order valence-electron chi connectivity index (χ1n) is 4.91. The largest absolute Gasteiger partial charge is 0.312 e. The summed E-state index contributed by atoms with van der Waals surface area (Å²) in [4.78, 5) is 0. The van der Waals surface area contributed by atoms with Gasteiger partial charge in [0.25, 0.3) is 0 Å². The lowest BCUT2D eigenvalue weighted by molar-refractivity contribution is 0.390. The van der Waals surface area contributed by atoms with E-state index in [1.807, 2.05) is 0 Å². The molecule has 2 atom stereocenters. The van der Waals surface area contributed by atoms with E-state index in [0.717, 1.165) is 12.5 Å². The molecule has 0 rings (SSSR count). The van der Waals surface area contributed by atoms with E-state index >= 15 is 0 Å². The average molecular weight is 192 g/mol. The van der Waals surface area contributed by atoms with Crippen molar-refractivity contribution in [1.29, 1.82) is 0 Å². The van der Waals surface area contributed by atoms with Gasteiger partial charge in [0.05, 0.1) is 0 Å². The van der Waals surface area contributed by atoms with Gasteiger partial charge in [-0.05, 0) is 18.4 Å². The molecule has 0 aliphatic rings. The zero-order chi connectivity index (χ0) is 9.56. The molecule has 0 heterocycles. The molecule has 2 heteroatoms. The lowest BCUT2D eigenvalue weighted by Crippen LogP contribution is -2.37.